The van der Waals surface area contributed by atoms with E-state index in [0.717, 1.165) is 57.1 Å². The third-order valence-electron chi connectivity index (χ3n) is 4.62. The van der Waals surface area contributed by atoms with Crippen LogP contribution in [-0.4, -0.2) is 58.4 Å². The van der Waals surface area contributed by atoms with Gasteiger partial charge in [0, 0.05) is 26.2 Å². The Morgan fingerprint density at radius 1 is 1.17 bits per heavy atom. The van der Waals surface area contributed by atoms with E-state index in [0.29, 0.717) is 6.61 Å². The van der Waals surface area contributed by atoms with Crippen LogP contribution in [0.3, 0.4) is 0 Å². The SMILES string of the molecule is c1ccc(-n2nncc2CN2CCOC3(CCCOC3)C2)cc1. The molecule has 1 spiro atoms. The van der Waals surface area contributed by atoms with Gasteiger partial charge in [-0.1, -0.05) is 23.4 Å². The highest BCUT2D eigenvalue weighted by Crippen LogP contribution is 2.28. The Hall–Kier alpha value is -1.76. The van der Waals surface area contributed by atoms with Crippen molar-refractivity contribution in [1.82, 2.24) is 19.9 Å². The molecule has 2 fully saturated rings. The molecule has 0 amide bonds. The van der Waals surface area contributed by atoms with Crippen LogP contribution in [0.1, 0.15) is 18.5 Å². The Morgan fingerprint density at radius 2 is 2.09 bits per heavy atom. The number of rotatable bonds is 3. The summed E-state index contributed by atoms with van der Waals surface area (Å²) in [6.07, 6.45) is 4.02. The van der Waals surface area contributed by atoms with Gasteiger partial charge in [0.15, 0.2) is 0 Å². The Kier molecular flexibility index (Phi) is 4.11. The minimum absolute atomic E-state index is 0.123. The fourth-order valence-electron chi connectivity index (χ4n) is 3.50. The molecule has 1 unspecified atom stereocenters. The van der Waals surface area contributed by atoms with Gasteiger partial charge in [-0.15, -0.1) is 5.10 Å². The Morgan fingerprint density at radius 3 is 2.91 bits per heavy atom. The summed E-state index contributed by atoms with van der Waals surface area (Å²) in [7, 11) is 0. The second kappa shape index (κ2) is 6.39. The van der Waals surface area contributed by atoms with E-state index in [2.05, 4.69) is 15.2 Å². The maximum absolute atomic E-state index is 6.07. The summed E-state index contributed by atoms with van der Waals surface area (Å²) in [5.74, 6) is 0. The van der Waals surface area contributed by atoms with E-state index in [9.17, 15) is 0 Å². The van der Waals surface area contributed by atoms with Gasteiger partial charge in [-0.2, -0.15) is 0 Å². The van der Waals surface area contributed by atoms with E-state index >= 15 is 0 Å². The summed E-state index contributed by atoms with van der Waals surface area (Å²) in [5.41, 5.74) is 2.02. The predicted molar refractivity (Wildman–Crippen MR) is 85.4 cm³/mol. The Bertz CT molecular complexity index is 632. The summed E-state index contributed by atoms with van der Waals surface area (Å²) in [6, 6.07) is 10.1. The maximum atomic E-state index is 6.07. The Labute approximate surface area is 136 Å². The van der Waals surface area contributed by atoms with Crippen molar-refractivity contribution in [2.24, 2.45) is 0 Å². The van der Waals surface area contributed by atoms with Crippen LogP contribution in [-0.2, 0) is 16.0 Å². The van der Waals surface area contributed by atoms with Gasteiger partial charge < -0.3 is 9.47 Å². The van der Waals surface area contributed by atoms with Crippen molar-refractivity contribution in [3.05, 3.63) is 42.2 Å². The van der Waals surface area contributed by atoms with Crippen molar-refractivity contribution in [1.29, 1.82) is 0 Å². The van der Waals surface area contributed by atoms with Crippen molar-refractivity contribution >= 4 is 0 Å². The van der Waals surface area contributed by atoms with E-state index in [-0.39, 0.29) is 5.60 Å². The van der Waals surface area contributed by atoms with Gasteiger partial charge in [-0.3, -0.25) is 4.90 Å². The van der Waals surface area contributed by atoms with Crippen molar-refractivity contribution in [3.8, 4) is 5.69 Å². The highest BCUT2D eigenvalue weighted by Gasteiger charge is 2.38. The fraction of sp³-hybridized carbons (Fsp3) is 0.529. The monoisotopic (exact) mass is 314 g/mol. The van der Waals surface area contributed by atoms with Crippen LogP contribution in [0.2, 0.25) is 0 Å². The molecule has 0 saturated carbocycles. The zero-order valence-electron chi connectivity index (χ0n) is 13.2. The topological polar surface area (TPSA) is 52.4 Å². The van der Waals surface area contributed by atoms with E-state index in [4.69, 9.17) is 9.47 Å². The molecule has 0 aliphatic carbocycles. The standard InChI is InChI=1S/C17H22N4O2/c1-2-5-15(6-3-1)21-16(11-18-19-21)12-20-8-10-23-17(13-20)7-4-9-22-14-17/h1-3,5-6,11H,4,7-10,12-14H2. The second-order valence-corrected chi connectivity index (χ2v) is 6.37. The van der Waals surface area contributed by atoms with Crippen LogP contribution in [0, 0.1) is 0 Å². The number of ether oxygens (including phenoxy) is 2. The van der Waals surface area contributed by atoms with Crippen molar-refractivity contribution in [2.45, 2.75) is 25.0 Å². The molecule has 2 aliphatic heterocycles. The summed E-state index contributed by atoms with van der Waals surface area (Å²) >= 11 is 0. The van der Waals surface area contributed by atoms with E-state index < -0.39 is 0 Å². The molecule has 2 aliphatic rings. The Balaban J connectivity index is 1.49. The van der Waals surface area contributed by atoms with Crippen molar-refractivity contribution in [2.75, 3.05) is 32.9 Å². The molecule has 122 valence electrons. The fourth-order valence-corrected chi connectivity index (χ4v) is 3.50. The minimum atomic E-state index is -0.123. The molecule has 2 aromatic rings. The molecular formula is C17H22N4O2. The molecule has 0 N–H and O–H groups in total. The lowest BCUT2D eigenvalue weighted by molar-refractivity contribution is -0.169. The van der Waals surface area contributed by atoms with Gasteiger partial charge in [0.25, 0.3) is 0 Å². The minimum Gasteiger partial charge on any atom is -0.378 e. The molecule has 23 heavy (non-hydrogen) atoms. The largest absolute Gasteiger partial charge is 0.378 e. The average molecular weight is 314 g/mol. The zero-order chi connectivity index (χ0) is 15.5. The lowest BCUT2D eigenvalue weighted by atomic mass is 9.94. The van der Waals surface area contributed by atoms with Crippen LogP contribution < -0.4 is 0 Å². The van der Waals surface area contributed by atoms with Crippen LogP contribution in [0.15, 0.2) is 36.5 Å². The summed E-state index contributed by atoms with van der Waals surface area (Å²) < 4.78 is 13.6. The van der Waals surface area contributed by atoms with E-state index in [1.807, 2.05) is 41.2 Å². The van der Waals surface area contributed by atoms with Crippen LogP contribution in [0.25, 0.3) is 5.69 Å². The van der Waals surface area contributed by atoms with Crippen LogP contribution in [0.4, 0.5) is 0 Å². The molecule has 0 radical (unpaired) electrons. The summed E-state index contributed by atoms with van der Waals surface area (Å²) in [4.78, 5) is 2.43. The predicted octanol–water partition coefficient (Wildman–Crippen LogP) is 1.65. The van der Waals surface area contributed by atoms with Gasteiger partial charge in [0.05, 0.1) is 30.8 Å². The molecule has 6 nitrogen and oxygen atoms in total. The summed E-state index contributed by atoms with van der Waals surface area (Å²) in [5, 5.41) is 8.34. The molecule has 1 aromatic carbocycles. The first-order valence-corrected chi connectivity index (χ1v) is 8.24. The summed E-state index contributed by atoms with van der Waals surface area (Å²) in [6.45, 7) is 4.99. The first-order chi connectivity index (χ1) is 11.3. The zero-order valence-corrected chi connectivity index (χ0v) is 13.2. The van der Waals surface area contributed by atoms with Crippen molar-refractivity contribution in [3.63, 3.8) is 0 Å². The number of hydrogen-bond acceptors (Lipinski definition) is 5. The van der Waals surface area contributed by atoms with Gasteiger partial charge >= 0.3 is 0 Å². The molecule has 1 aromatic heterocycles. The number of benzene rings is 1. The van der Waals surface area contributed by atoms with Crippen LogP contribution in [0.5, 0.6) is 0 Å². The first-order valence-electron chi connectivity index (χ1n) is 8.24. The van der Waals surface area contributed by atoms with Gasteiger partial charge in [0.2, 0.25) is 0 Å². The van der Waals surface area contributed by atoms with Gasteiger partial charge in [0.1, 0.15) is 5.60 Å². The number of hydrogen-bond donors (Lipinski definition) is 0. The molecule has 4 rings (SSSR count). The quantitative estimate of drug-likeness (QED) is 0.862. The molecule has 6 heteroatoms. The molecule has 0 bridgehead atoms. The number of aromatic nitrogens is 3. The van der Waals surface area contributed by atoms with Gasteiger partial charge in [-0.25, -0.2) is 4.68 Å². The third-order valence-corrected chi connectivity index (χ3v) is 4.62. The number of nitrogens with zero attached hydrogens (tertiary/aromatic N) is 4. The maximum Gasteiger partial charge on any atom is 0.104 e. The van der Waals surface area contributed by atoms with E-state index in [1.54, 1.807) is 0 Å². The lowest BCUT2D eigenvalue weighted by Crippen LogP contribution is -2.55. The molecule has 2 saturated heterocycles. The van der Waals surface area contributed by atoms with Gasteiger partial charge in [-0.05, 0) is 25.0 Å². The number of morpholine rings is 1. The van der Waals surface area contributed by atoms with E-state index in [1.165, 1.54) is 0 Å². The highest BCUT2D eigenvalue weighted by molar-refractivity contribution is 5.31. The molecule has 3 heterocycles. The first kappa shape index (κ1) is 14.8. The van der Waals surface area contributed by atoms with Crippen LogP contribution >= 0.6 is 0 Å². The normalized spacial score (nSPS) is 25.7. The third kappa shape index (κ3) is 3.15. The molecular weight excluding hydrogens is 292 g/mol. The lowest BCUT2D eigenvalue weighted by Gasteiger charge is -2.44. The molecule has 1 atom stereocenters. The number of para-hydroxylation sites is 1. The van der Waals surface area contributed by atoms with Crippen molar-refractivity contribution < 1.29 is 9.47 Å². The second-order valence-electron chi connectivity index (χ2n) is 6.37. The smallest absolute Gasteiger partial charge is 0.104 e. The average Bonchev–Trinajstić information content (AvgIpc) is 3.04. The highest BCUT2D eigenvalue weighted by atomic mass is 16.5.